The van der Waals surface area contributed by atoms with Gasteiger partial charge in [-0.2, -0.15) is 9.57 Å². The maximum absolute atomic E-state index is 12.5. The van der Waals surface area contributed by atoms with E-state index >= 15 is 0 Å². The van der Waals surface area contributed by atoms with Crippen molar-refractivity contribution < 1.29 is 13.2 Å². The number of nitrogens with zero attached hydrogens (tertiary/aromatic N) is 2. The minimum Gasteiger partial charge on any atom is -0.355 e. The Labute approximate surface area is 154 Å². The molecule has 26 heavy (non-hydrogen) atoms. The molecule has 0 aromatic heterocycles. The second kappa shape index (κ2) is 8.61. The molecule has 2 rings (SSSR count). The summed E-state index contributed by atoms with van der Waals surface area (Å²) in [6.45, 7) is 2.17. The number of aryl methyl sites for hydroxylation is 1. The Balaban J connectivity index is 1.89. The standard InChI is InChI=1S/C19H21N3O3S/c1-15-4-3-5-16(12-15)10-11-21-19(23)14-22(2)26(24,25)18-8-6-17(13-20)7-9-18/h3-9,12H,10-11,14H2,1-2H3,(H,21,23). The highest BCUT2D eigenvalue weighted by molar-refractivity contribution is 7.89. The number of amides is 1. The van der Waals surface area contributed by atoms with E-state index in [0.717, 1.165) is 15.4 Å². The second-order valence-corrected chi connectivity index (χ2v) is 8.03. The number of sulfonamides is 1. The summed E-state index contributed by atoms with van der Waals surface area (Å²) in [5.74, 6) is -0.364. The number of nitriles is 1. The van der Waals surface area contributed by atoms with E-state index in [-0.39, 0.29) is 17.3 Å². The fourth-order valence-electron chi connectivity index (χ4n) is 2.44. The molecule has 0 aliphatic carbocycles. The largest absolute Gasteiger partial charge is 0.355 e. The summed E-state index contributed by atoms with van der Waals surface area (Å²) >= 11 is 0. The normalized spacial score (nSPS) is 11.2. The molecule has 1 amide bonds. The van der Waals surface area contributed by atoms with Gasteiger partial charge in [-0.05, 0) is 43.2 Å². The van der Waals surface area contributed by atoms with Gasteiger partial charge >= 0.3 is 0 Å². The number of likely N-dealkylation sites (N-methyl/N-ethyl adjacent to an activating group) is 1. The number of hydrogen-bond acceptors (Lipinski definition) is 4. The van der Waals surface area contributed by atoms with E-state index in [1.165, 1.54) is 31.3 Å². The molecule has 0 fully saturated rings. The van der Waals surface area contributed by atoms with Crippen LogP contribution in [0.25, 0.3) is 0 Å². The summed E-state index contributed by atoms with van der Waals surface area (Å²) < 4.78 is 25.9. The lowest BCUT2D eigenvalue weighted by Gasteiger charge is -2.17. The smallest absolute Gasteiger partial charge is 0.243 e. The predicted octanol–water partition coefficient (Wildman–Crippen LogP) is 1.85. The van der Waals surface area contributed by atoms with E-state index in [1.54, 1.807) is 0 Å². The number of rotatable bonds is 7. The van der Waals surface area contributed by atoms with E-state index < -0.39 is 10.0 Å². The van der Waals surface area contributed by atoms with Crippen molar-refractivity contribution in [1.29, 1.82) is 5.26 Å². The zero-order valence-electron chi connectivity index (χ0n) is 14.8. The van der Waals surface area contributed by atoms with Crippen LogP contribution in [0, 0.1) is 18.3 Å². The van der Waals surface area contributed by atoms with Gasteiger partial charge in [0.15, 0.2) is 0 Å². The van der Waals surface area contributed by atoms with Crippen LogP contribution in [0.4, 0.5) is 0 Å². The monoisotopic (exact) mass is 371 g/mol. The molecule has 0 spiro atoms. The molecule has 0 saturated carbocycles. The molecule has 136 valence electrons. The van der Waals surface area contributed by atoms with Crippen LogP contribution in [0.1, 0.15) is 16.7 Å². The van der Waals surface area contributed by atoms with E-state index in [9.17, 15) is 13.2 Å². The van der Waals surface area contributed by atoms with Crippen molar-refractivity contribution in [2.45, 2.75) is 18.2 Å². The molecule has 7 heteroatoms. The Bertz CT molecular complexity index is 916. The molecule has 0 saturated heterocycles. The van der Waals surface area contributed by atoms with E-state index in [1.807, 2.05) is 37.3 Å². The molecule has 1 N–H and O–H groups in total. The highest BCUT2D eigenvalue weighted by Crippen LogP contribution is 2.14. The first-order chi connectivity index (χ1) is 12.3. The highest BCUT2D eigenvalue weighted by atomic mass is 32.2. The van der Waals surface area contributed by atoms with Gasteiger partial charge in [0.05, 0.1) is 23.1 Å². The third-order valence-corrected chi connectivity index (χ3v) is 5.69. The van der Waals surface area contributed by atoms with Gasteiger partial charge in [-0.1, -0.05) is 29.8 Å². The topological polar surface area (TPSA) is 90.3 Å². The molecule has 0 aliphatic rings. The average Bonchev–Trinajstić information content (AvgIpc) is 2.61. The Kier molecular flexibility index (Phi) is 6.50. The SMILES string of the molecule is Cc1cccc(CCNC(=O)CN(C)S(=O)(=O)c2ccc(C#N)cc2)c1. The summed E-state index contributed by atoms with van der Waals surface area (Å²) in [7, 11) is -2.42. The van der Waals surface area contributed by atoms with Crippen molar-refractivity contribution in [3.63, 3.8) is 0 Å². The van der Waals surface area contributed by atoms with Gasteiger partial charge in [0.2, 0.25) is 15.9 Å². The molecule has 6 nitrogen and oxygen atoms in total. The maximum atomic E-state index is 12.5. The molecule has 2 aromatic rings. The molecule has 0 atom stereocenters. The van der Waals surface area contributed by atoms with Gasteiger partial charge in [0, 0.05) is 13.6 Å². The van der Waals surface area contributed by atoms with Crippen LogP contribution in [-0.4, -0.2) is 38.8 Å². The van der Waals surface area contributed by atoms with Crippen molar-refractivity contribution in [2.24, 2.45) is 0 Å². The van der Waals surface area contributed by atoms with Crippen LogP contribution in [-0.2, 0) is 21.2 Å². The average molecular weight is 371 g/mol. The minimum atomic E-state index is -3.78. The van der Waals surface area contributed by atoms with Gasteiger partial charge in [-0.15, -0.1) is 0 Å². The lowest BCUT2D eigenvalue weighted by molar-refractivity contribution is -0.121. The van der Waals surface area contributed by atoms with Crippen molar-refractivity contribution in [2.75, 3.05) is 20.1 Å². The maximum Gasteiger partial charge on any atom is 0.243 e. The molecule has 0 radical (unpaired) electrons. The molecule has 2 aromatic carbocycles. The van der Waals surface area contributed by atoms with E-state index in [2.05, 4.69) is 5.32 Å². The lowest BCUT2D eigenvalue weighted by Crippen LogP contribution is -2.39. The van der Waals surface area contributed by atoms with Crippen molar-refractivity contribution in [1.82, 2.24) is 9.62 Å². The third-order valence-electron chi connectivity index (χ3n) is 3.88. The highest BCUT2D eigenvalue weighted by Gasteiger charge is 2.22. The van der Waals surface area contributed by atoms with E-state index in [4.69, 9.17) is 5.26 Å². The van der Waals surface area contributed by atoms with Crippen LogP contribution in [0.3, 0.4) is 0 Å². The summed E-state index contributed by atoms with van der Waals surface area (Å²) in [5.41, 5.74) is 2.64. The van der Waals surface area contributed by atoms with Crippen LogP contribution in [0.2, 0.25) is 0 Å². The number of nitrogens with one attached hydrogen (secondary N) is 1. The van der Waals surface area contributed by atoms with Crippen LogP contribution >= 0.6 is 0 Å². The van der Waals surface area contributed by atoms with Gasteiger partial charge < -0.3 is 5.32 Å². The number of hydrogen-bond donors (Lipinski definition) is 1. The predicted molar refractivity (Wildman–Crippen MR) is 98.9 cm³/mol. The van der Waals surface area contributed by atoms with Gasteiger partial charge in [-0.3, -0.25) is 4.79 Å². The fourth-order valence-corrected chi connectivity index (χ4v) is 3.57. The van der Waals surface area contributed by atoms with Crippen LogP contribution in [0.5, 0.6) is 0 Å². The third kappa shape index (κ3) is 5.15. The Hall–Kier alpha value is -2.69. The molecule has 0 heterocycles. The van der Waals surface area contributed by atoms with Crippen molar-refractivity contribution in [3.8, 4) is 6.07 Å². The lowest BCUT2D eigenvalue weighted by atomic mass is 10.1. The van der Waals surface area contributed by atoms with Gasteiger partial charge in [0.1, 0.15) is 0 Å². The first-order valence-electron chi connectivity index (χ1n) is 8.11. The van der Waals surface area contributed by atoms with E-state index in [0.29, 0.717) is 18.5 Å². The Morgan fingerprint density at radius 3 is 2.50 bits per heavy atom. The summed E-state index contributed by atoms with van der Waals surface area (Å²) in [5, 5.41) is 11.5. The number of benzene rings is 2. The summed E-state index contributed by atoms with van der Waals surface area (Å²) in [4.78, 5) is 12.1. The Morgan fingerprint density at radius 2 is 1.88 bits per heavy atom. The zero-order valence-corrected chi connectivity index (χ0v) is 15.6. The molecular weight excluding hydrogens is 350 g/mol. The second-order valence-electron chi connectivity index (χ2n) is 5.99. The number of carbonyl (C=O) groups excluding carboxylic acids is 1. The first-order valence-corrected chi connectivity index (χ1v) is 9.55. The summed E-state index contributed by atoms with van der Waals surface area (Å²) in [6.07, 6.45) is 0.680. The first kappa shape index (κ1) is 19.6. The fraction of sp³-hybridized carbons (Fsp3) is 0.263. The quantitative estimate of drug-likeness (QED) is 0.804. The Morgan fingerprint density at radius 1 is 1.19 bits per heavy atom. The molecule has 0 aliphatic heterocycles. The van der Waals surface area contributed by atoms with Gasteiger partial charge in [-0.25, -0.2) is 8.42 Å². The summed E-state index contributed by atoms with van der Waals surface area (Å²) in [6, 6.07) is 15.5. The van der Waals surface area contributed by atoms with Gasteiger partial charge in [0.25, 0.3) is 0 Å². The van der Waals surface area contributed by atoms with Crippen molar-refractivity contribution >= 4 is 15.9 Å². The molecule has 0 unspecified atom stereocenters. The molecule has 0 bridgehead atoms. The molecular formula is C19H21N3O3S. The van der Waals surface area contributed by atoms with Crippen LogP contribution in [0.15, 0.2) is 53.4 Å². The van der Waals surface area contributed by atoms with Crippen LogP contribution < -0.4 is 5.32 Å². The van der Waals surface area contributed by atoms with Crippen molar-refractivity contribution in [3.05, 3.63) is 65.2 Å². The number of carbonyl (C=O) groups is 1. The zero-order chi connectivity index (χ0) is 19.2. The minimum absolute atomic E-state index is 0.0477.